The highest BCUT2D eigenvalue weighted by molar-refractivity contribution is 5.93. The summed E-state index contributed by atoms with van der Waals surface area (Å²) >= 11 is 0. The molecule has 1 aliphatic heterocycles. The largest absolute Gasteiger partial charge is 0.376 e. The first-order chi connectivity index (χ1) is 11.6. The minimum atomic E-state index is -0.0830. The number of carbonyl (C=O) groups excluding carboxylic acids is 1. The molecule has 1 aliphatic rings. The van der Waals surface area contributed by atoms with Gasteiger partial charge in [-0.1, -0.05) is 0 Å². The minimum absolute atomic E-state index is 0.0341. The molecule has 0 spiro atoms. The Morgan fingerprint density at radius 1 is 1.42 bits per heavy atom. The highest BCUT2D eigenvalue weighted by Gasteiger charge is 2.26. The van der Waals surface area contributed by atoms with Gasteiger partial charge in [-0.3, -0.25) is 9.78 Å². The monoisotopic (exact) mass is 330 g/mol. The van der Waals surface area contributed by atoms with Crippen molar-refractivity contribution in [3.05, 3.63) is 42.5 Å². The Morgan fingerprint density at radius 3 is 2.96 bits per heavy atom. The van der Waals surface area contributed by atoms with Crippen molar-refractivity contribution in [1.82, 2.24) is 19.7 Å². The summed E-state index contributed by atoms with van der Waals surface area (Å²) in [5, 5.41) is 4.27. The van der Waals surface area contributed by atoms with Crippen LogP contribution >= 0.6 is 0 Å². The molecule has 0 unspecified atom stereocenters. The predicted molar refractivity (Wildman–Crippen MR) is 88.1 cm³/mol. The van der Waals surface area contributed by atoms with Crippen molar-refractivity contribution in [2.75, 3.05) is 26.3 Å². The van der Waals surface area contributed by atoms with Gasteiger partial charge < -0.3 is 14.4 Å². The molecular formula is C17H22N4O3. The van der Waals surface area contributed by atoms with Crippen molar-refractivity contribution >= 4 is 5.91 Å². The summed E-state index contributed by atoms with van der Waals surface area (Å²) in [4.78, 5) is 18.5. The molecular weight excluding hydrogens is 308 g/mol. The summed E-state index contributed by atoms with van der Waals surface area (Å²) in [6.07, 6.45) is 6.79. The Bertz CT molecular complexity index is 671. The number of nitrogens with zero attached hydrogens (tertiary/aromatic N) is 4. The summed E-state index contributed by atoms with van der Waals surface area (Å²) < 4.78 is 12.9. The Labute approximate surface area is 141 Å². The number of rotatable bonds is 5. The Balaban J connectivity index is 1.65. The van der Waals surface area contributed by atoms with Crippen LogP contribution < -0.4 is 0 Å². The van der Waals surface area contributed by atoms with Gasteiger partial charge in [-0.05, 0) is 26.0 Å². The SMILES string of the molecule is CC(C)OC[C@H]1CN(C(=O)c2cnn(-c3ccncc3)c2)CCO1. The summed E-state index contributed by atoms with van der Waals surface area (Å²) in [7, 11) is 0. The zero-order chi connectivity index (χ0) is 16.9. The first-order valence-corrected chi connectivity index (χ1v) is 8.11. The summed E-state index contributed by atoms with van der Waals surface area (Å²) in [6.45, 7) is 6.11. The van der Waals surface area contributed by atoms with Crippen molar-refractivity contribution < 1.29 is 14.3 Å². The molecule has 7 heteroatoms. The molecule has 2 aromatic heterocycles. The fourth-order valence-corrected chi connectivity index (χ4v) is 2.56. The number of morpholine rings is 1. The maximum Gasteiger partial charge on any atom is 0.257 e. The molecule has 7 nitrogen and oxygen atoms in total. The summed E-state index contributed by atoms with van der Waals surface area (Å²) in [6, 6.07) is 3.69. The zero-order valence-electron chi connectivity index (χ0n) is 14.0. The molecule has 0 bridgehead atoms. The van der Waals surface area contributed by atoms with E-state index in [0.29, 0.717) is 31.9 Å². The van der Waals surface area contributed by atoms with Gasteiger partial charge >= 0.3 is 0 Å². The average molecular weight is 330 g/mol. The maximum atomic E-state index is 12.7. The van der Waals surface area contributed by atoms with Crippen molar-refractivity contribution in [2.24, 2.45) is 0 Å². The lowest BCUT2D eigenvalue weighted by atomic mass is 10.2. The van der Waals surface area contributed by atoms with E-state index in [9.17, 15) is 4.79 Å². The van der Waals surface area contributed by atoms with Crippen LogP contribution in [0.15, 0.2) is 36.9 Å². The van der Waals surface area contributed by atoms with Gasteiger partial charge in [0, 0.05) is 31.7 Å². The number of carbonyl (C=O) groups is 1. The van der Waals surface area contributed by atoms with E-state index in [2.05, 4.69) is 10.1 Å². The van der Waals surface area contributed by atoms with Crippen LogP contribution in [0, 0.1) is 0 Å². The first-order valence-electron chi connectivity index (χ1n) is 8.11. The van der Waals surface area contributed by atoms with Crippen LogP contribution in [0.5, 0.6) is 0 Å². The third kappa shape index (κ3) is 3.98. The molecule has 24 heavy (non-hydrogen) atoms. The van der Waals surface area contributed by atoms with E-state index in [1.165, 1.54) is 0 Å². The highest BCUT2D eigenvalue weighted by atomic mass is 16.5. The van der Waals surface area contributed by atoms with Gasteiger partial charge in [0.1, 0.15) is 0 Å². The van der Waals surface area contributed by atoms with Crippen LogP contribution in [0.25, 0.3) is 5.69 Å². The molecule has 3 heterocycles. The molecule has 2 aromatic rings. The van der Waals surface area contributed by atoms with E-state index in [1.807, 2.05) is 26.0 Å². The Kier molecular flexibility index (Phi) is 5.22. The van der Waals surface area contributed by atoms with Gasteiger partial charge in [0.15, 0.2) is 0 Å². The molecule has 0 N–H and O–H groups in total. The van der Waals surface area contributed by atoms with E-state index in [-0.39, 0.29) is 18.1 Å². The van der Waals surface area contributed by atoms with Crippen LogP contribution in [-0.2, 0) is 9.47 Å². The third-order valence-electron chi connectivity index (χ3n) is 3.80. The highest BCUT2D eigenvalue weighted by Crippen LogP contribution is 2.13. The number of aromatic nitrogens is 3. The fraction of sp³-hybridized carbons (Fsp3) is 0.471. The summed E-state index contributed by atoms with van der Waals surface area (Å²) in [5.41, 5.74) is 1.44. The lowest BCUT2D eigenvalue weighted by Crippen LogP contribution is -2.47. The van der Waals surface area contributed by atoms with E-state index < -0.39 is 0 Å². The molecule has 1 amide bonds. The van der Waals surface area contributed by atoms with Crippen LogP contribution in [-0.4, -0.2) is 64.1 Å². The second kappa shape index (κ2) is 7.55. The minimum Gasteiger partial charge on any atom is -0.376 e. The topological polar surface area (TPSA) is 69.5 Å². The number of hydrogen-bond donors (Lipinski definition) is 0. The van der Waals surface area contributed by atoms with Gasteiger partial charge in [0.2, 0.25) is 0 Å². The van der Waals surface area contributed by atoms with Crippen molar-refractivity contribution in [3.8, 4) is 5.69 Å². The maximum absolute atomic E-state index is 12.7. The molecule has 1 atom stereocenters. The van der Waals surface area contributed by atoms with Crippen LogP contribution in [0.3, 0.4) is 0 Å². The second-order valence-corrected chi connectivity index (χ2v) is 6.01. The molecule has 3 rings (SSSR count). The molecule has 1 fully saturated rings. The number of hydrogen-bond acceptors (Lipinski definition) is 5. The predicted octanol–water partition coefficient (Wildman–Crippen LogP) is 1.53. The first kappa shape index (κ1) is 16.6. The van der Waals surface area contributed by atoms with Crippen LogP contribution in [0.4, 0.5) is 0 Å². The van der Waals surface area contributed by atoms with E-state index in [4.69, 9.17) is 9.47 Å². The van der Waals surface area contributed by atoms with Gasteiger partial charge in [-0.2, -0.15) is 5.10 Å². The van der Waals surface area contributed by atoms with Crippen LogP contribution in [0.1, 0.15) is 24.2 Å². The molecule has 1 saturated heterocycles. The zero-order valence-corrected chi connectivity index (χ0v) is 14.0. The lowest BCUT2D eigenvalue weighted by Gasteiger charge is -2.33. The molecule has 0 radical (unpaired) electrons. The molecule has 0 aromatic carbocycles. The van der Waals surface area contributed by atoms with Gasteiger partial charge in [0.25, 0.3) is 5.91 Å². The number of amides is 1. The second-order valence-electron chi connectivity index (χ2n) is 6.01. The summed E-state index contributed by atoms with van der Waals surface area (Å²) in [5.74, 6) is -0.0341. The van der Waals surface area contributed by atoms with Crippen molar-refractivity contribution in [3.63, 3.8) is 0 Å². The molecule has 0 aliphatic carbocycles. The molecule has 128 valence electrons. The van der Waals surface area contributed by atoms with Crippen LogP contribution in [0.2, 0.25) is 0 Å². The Hall–Kier alpha value is -2.25. The Morgan fingerprint density at radius 2 is 2.21 bits per heavy atom. The van der Waals surface area contributed by atoms with E-state index >= 15 is 0 Å². The molecule has 0 saturated carbocycles. The number of ether oxygens (including phenoxy) is 2. The smallest absolute Gasteiger partial charge is 0.257 e. The third-order valence-corrected chi connectivity index (χ3v) is 3.80. The lowest BCUT2D eigenvalue weighted by molar-refractivity contribution is -0.0725. The van der Waals surface area contributed by atoms with Gasteiger partial charge in [0.05, 0.1) is 42.9 Å². The van der Waals surface area contributed by atoms with E-state index in [0.717, 1.165) is 5.69 Å². The fourth-order valence-electron chi connectivity index (χ4n) is 2.56. The normalized spacial score (nSPS) is 18.1. The van der Waals surface area contributed by atoms with Gasteiger partial charge in [-0.25, -0.2) is 4.68 Å². The quantitative estimate of drug-likeness (QED) is 0.832. The van der Waals surface area contributed by atoms with E-state index in [1.54, 1.807) is 34.4 Å². The van der Waals surface area contributed by atoms with Gasteiger partial charge in [-0.15, -0.1) is 0 Å². The van der Waals surface area contributed by atoms with Crippen molar-refractivity contribution in [1.29, 1.82) is 0 Å². The average Bonchev–Trinajstić information content (AvgIpc) is 3.10. The number of pyridine rings is 1. The van der Waals surface area contributed by atoms with Crippen molar-refractivity contribution in [2.45, 2.75) is 26.1 Å². The standard InChI is InChI=1S/C17H22N4O3/c1-13(2)24-12-16-11-20(7-8-23-16)17(22)14-9-19-21(10-14)15-3-5-18-6-4-15/h3-6,9-10,13,16H,7-8,11-12H2,1-2H3/t16-/m1/s1.